The van der Waals surface area contributed by atoms with E-state index >= 15 is 0 Å². The second kappa shape index (κ2) is 5.95. The molecule has 1 aliphatic rings. The molecule has 2 rings (SSSR count). The first-order valence-corrected chi connectivity index (χ1v) is 7.00. The van der Waals surface area contributed by atoms with Crippen molar-refractivity contribution in [2.75, 3.05) is 31.1 Å². The van der Waals surface area contributed by atoms with E-state index in [0.717, 1.165) is 10.6 Å². The zero-order valence-corrected chi connectivity index (χ0v) is 12.2. The monoisotopic (exact) mass is 300 g/mol. The maximum absolute atomic E-state index is 12.4. The molecule has 0 aromatic heterocycles. The summed E-state index contributed by atoms with van der Waals surface area (Å²) in [5.41, 5.74) is 2.21. The highest BCUT2D eigenvalue weighted by Gasteiger charge is 2.43. The molecule has 1 saturated heterocycles. The number of alkyl halides is 3. The van der Waals surface area contributed by atoms with Crippen LogP contribution in [0.4, 0.5) is 18.9 Å². The Morgan fingerprint density at radius 1 is 1.05 bits per heavy atom. The van der Waals surface area contributed by atoms with Crippen molar-refractivity contribution in [1.29, 1.82) is 0 Å². The number of amides is 1. The van der Waals surface area contributed by atoms with Crippen molar-refractivity contribution >= 4 is 11.6 Å². The van der Waals surface area contributed by atoms with Crippen LogP contribution in [0.5, 0.6) is 0 Å². The molecule has 1 aromatic rings. The van der Waals surface area contributed by atoms with E-state index in [1.165, 1.54) is 5.56 Å². The van der Waals surface area contributed by atoms with Gasteiger partial charge < -0.3 is 9.80 Å². The Morgan fingerprint density at radius 3 is 2.00 bits per heavy atom. The summed E-state index contributed by atoms with van der Waals surface area (Å²) >= 11 is 0. The van der Waals surface area contributed by atoms with Crippen molar-refractivity contribution < 1.29 is 18.0 Å². The molecule has 0 bridgehead atoms. The van der Waals surface area contributed by atoms with Gasteiger partial charge in [-0.05, 0) is 23.6 Å². The number of halogens is 3. The third-order valence-corrected chi connectivity index (χ3v) is 3.73. The highest BCUT2D eigenvalue weighted by Crippen LogP contribution is 2.23. The maximum atomic E-state index is 12.4. The van der Waals surface area contributed by atoms with Gasteiger partial charge >= 0.3 is 12.1 Å². The normalized spacial score (nSPS) is 16.5. The summed E-state index contributed by atoms with van der Waals surface area (Å²) in [6, 6.07) is 8.04. The SMILES string of the molecule is CC(C)c1ccc(N2CCN(C(=O)C(F)(F)F)CC2)cc1. The summed E-state index contributed by atoms with van der Waals surface area (Å²) in [6.45, 7) is 5.26. The molecule has 21 heavy (non-hydrogen) atoms. The van der Waals surface area contributed by atoms with Crippen LogP contribution in [0.2, 0.25) is 0 Å². The fourth-order valence-electron chi connectivity index (χ4n) is 2.42. The van der Waals surface area contributed by atoms with Crippen LogP contribution in [0, 0.1) is 0 Å². The van der Waals surface area contributed by atoms with Crippen LogP contribution in [-0.2, 0) is 4.79 Å². The molecular weight excluding hydrogens is 281 g/mol. The van der Waals surface area contributed by atoms with Crippen molar-refractivity contribution in [3.63, 3.8) is 0 Å². The summed E-state index contributed by atoms with van der Waals surface area (Å²) in [5.74, 6) is -1.29. The van der Waals surface area contributed by atoms with Crippen molar-refractivity contribution in [2.24, 2.45) is 0 Å². The molecule has 1 aromatic carbocycles. The predicted octanol–water partition coefficient (Wildman–Crippen LogP) is 3.02. The average molecular weight is 300 g/mol. The summed E-state index contributed by atoms with van der Waals surface area (Å²) in [6.07, 6.45) is -4.78. The van der Waals surface area contributed by atoms with Gasteiger partial charge in [-0.2, -0.15) is 13.2 Å². The Labute approximate surface area is 122 Å². The van der Waals surface area contributed by atoms with E-state index < -0.39 is 12.1 Å². The Hall–Kier alpha value is -1.72. The second-order valence-electron chi connectivity index (χ2n) is 5.52. The Morgan fingerprint density at radius 2 is 1.57 bits per heavy atom. The molecule has 0 radical (unpaired) electrons. The first kappa shape index (κ1) is 15.7. The van der Waals surface area contributed by atoms with Crippen LogP contribution in [0.25, 0.3) is 0 Å². The zero-order chi connectivity index (χ0) is 15.6. The Bertz CT molecular complexity index is 489. The van der Waals surface area contributed by atoms with Gasteiger partial charge in [-0.15, -0.1) is 0 Å². The van der Waals surface area contributed by atoms with Gasteiger partial charge in [0.05, 0.1) is 0 Å². The minimum Gasteiger partial charge on any atom is -0.368 e. The molecule has 1 aliphatic heterocycles. The third kappa shape index (κ3) is 3.68. The molecular formula is C15H19F3N2O. The molecule has 0 saturated carbocycles. The first-order chi connectivity index (χ1) is 9.79. The van der Waals surface area contributed by atoms with Gasteiger partial charge in [0.25, 0.3) is 0 Å². The van der Waals surface area contributed by atoms with Gasteiger partial charge in [-0.1, -0.05) is 26.0 Å². The number of piperazine rings is 1. The van der Waals surface area contributed by atoms with Gasteiger partial charge in [-0.25, -0.2) is 0 Å². The molecule has 0 spiro atoms. The highest BCUT2D eigenvalue weighted by atomic mass is 19.4. The smallest absolute Gasteiger partial charge is 0.368 e. The molecule has 1 fully saturated rings. The van der Waals surface area contributed by atoms with Crippen LogP contribution in [-0.4, -0.2) is 43.2 Å². The van der Waals surface area contributed by atoms with E-state index in [0.29, 0.717) is 19.0 Å². The lowest BCUT2D eigenvalue weighted by atomic mass is 10.0. The van der Waals surface area contributed by atoms with Gasteiger partial charge in [0.2, 0.25) is 0 Å². The summed E-state index contributed by atoms with van der Waals surface area (Å²) in [4.78, 5) is 14.0. The zero-order valence-electron chi connectivity index (χ0n) is 12.2. The number of carbonyl (C=O) groups excluding carboxylic acids is 1. The lowest BCUT2D eigenvalue weighted by molar-refractivity contribution is -0.185. The van der Waals surface area contributed by atoms with E-state index in [1.807, 2.05) is 29.2 Å². The fraction of sp³-hybridized carbons (Fsp3) is 0.533. The summed E-state index contributed by atoms with van der Waals surface area (Å²) < 4.78 is 37.1. The molecule has 1 heterocycles. The molecule has 6 heteroatoms. The average Bonchev–Trinajstić information content (AvgIpc) is 2.46. The topological polar surface area (TPSA) is 23.6 Å². The number of anilines is 1. The first-order valence-electron chi connectivity index (χ1n) is 7.00. The summed E-state index contributed by atoms with van der Waals surface area (Å²) in [5, 5.41) is 0. The lowest BCUT2D eigenvalue weighted by Gasteiger charge is -2.36. The van der Waals surface area contributed by atoms with E-state index in [9.17, 15) is 18.0 Å². The largest absolute Gasteiger partial charge is 0.471 e. The van der Waals surface area contributed by atoms with E-state index in [1.54, 1.807) is 0 Å². The summed E-state index contributed by atoms with van der Waals surface area (Å²) in [7, 11) is 0. The lowest BCUT2D eigenvalue weighted by Crippen LogP contribution is -2.52. The van der Waals surface area contributed by atoms with Crippen LogP contribution in [0.3, 0.4) is 0 Å². The van der Waals surface area contributed by atoms with Crippen molar-refractivity contribution in [1.82, 2.24) is 4.90 Å². The predicted molar refractivity (Wildman–Crippen MR) is 75.4 cm³/mol. The fourth-order valence-corrected chi connectivity index (χ4v) is 2.42. The van der Waals surface area contributed by atoms with Gasteiger partial charge in [0, 0.05) is 31.9 Å². The minimum atomic E-state index is -4.78. The molecule has 0 N–H and O–H groups in total. The van der Waals surface area contributed by atoms with Gasteiger partial charge in [0.15, 0.2) is 0 Å². The van der Waals surface area contributed by atoms with Crippen LogP contribution >= 0.6 is 0 Å². The van der Waals surface area contributed by atoms with E-state index in [-0.39, 0.29) is 13.1 Å². The number of rotatable bonds is 2. The second-order valence-corrected chi connectivity index (χ2v) is 5.52. The highest BCUT2D eigenvalue weighted by molar-refractivity contribution is 5.82. The van der Waals surface area contributed by atoms with Crippen molar-refractivity contribution in [3.8, 4) is 0 Å². The molecule has 3 nitrogen and oxygen atoms in total. The quantitative estimate of drug-likeness (QED) is 0.838. The van der Waals surface area contributed by atoms with Crippen molar-refractivity contribution in [2.45, 2.75) is 25.9 Å². The van der Waals surface area contributed by atoms with Gasteiger partial charge in [-0.3, -0.25) is 4.79 Å². The van der Waals surface area contributed by atoms with E-state index in [4.69, 9.17) is 0 Å². The number of hydrogen-bond acceptors (Lipinski definition) is 2. The molecule has 116 valence electrons. The van der Waals surface area contributed by atoms with Crippen LogP contribution < -0.4 is 4.90 Å². The Balaban J connectivity index is 1.96. The van der Waals surface area contributed by atoms with Crippen LogP contribution in [0.1, 0.15) is 25.3 Å². The van der Waals surface area contributed by atoms with Crippen molar-refractivity contribution in [3.05, 3.63) is 29.8 Å². The molecule has 0 aliphatic carbocycles. The molecule has 0 unspecified atom stereocenters. The van der Waals surface area contributed by atoms with E-state index in [2.05, 4.69) is 13.8 Å². The molecule has 0 atom stereocenters. The van der Waals surface area contributed by atoms with Gasteiger partial charge in [0.1, 0.15) is 0 Å². The molecule has 1 amide bonds. The van der Waals surface area contributed by atoms with Crippen LogP contribution in [0.15, 0.2) is 24.3 Å². The number of carbonyl (C=O) groups is 1. The number of benzene rings is 1. The standard InChI is InChI=1S/C15H19F3N2O/c1-11(2)12-3-5-13(6-4-12)19-7-9-20(10-8-19)14(21)15(16,17)18/h3-6,11H,7-10H2,1-2H3. The third-order valence-electron chi connectivity index (χ3n) is 3.73. The number of nitrogens with zero attached hydrogens (tertiary/aromatic N) is 2. The minimum absolute atomic E-state index is 0.101. The maximum Gasteiger partial charge on any atom is 0.471 e. The Kier molecular flexibility index (Phi) is 4.44. The number of hydrogen-bond donors (Lipinski definition) is 0.